The fourth-order valence-corrected chi connectivity index (χ4v) is 11.2. The number of carbonyl (C=O) groups excluding carboxylic acids is 1. The van der Waals surface area contributed by atoms with Crippen LogP contribution < -0.4 is 5.11 Å². The maximum absolute atomic E-state index is 12.3. The van der Waals surface area contributed by atoms with E-state index in [1.54, 1.807) is 12.5 Å². The first-order valence-corrected chi connectivity index (χ1v) is 13.9. The van der Waals surface area contributed by atoms with Gasteiger partial charge in [-0.1, -0.05) is 60.1 Å². The lowest BCUT2D eigenvalue weighted by Crippen LogP contribution is -2.65. The Morgan fingerprint density at radius 2 is 1.64 bits per heavy atom. The standard InChI is InChI=1S/C30H48O3/c1-18(2)19-8-10-22-27(19,4)16-17-28(5)21-9-11-23-26(3,20(21)12-15-29(22,28)6)14-13-24(31)30(23,7)25(32)33/h9,18-20,22-24,31H,8,10-17H2,1-7H3,(H,32,33)/p-1/t19-,20+,22-,23-,24+,26-,27-,28-,29+,30+/m1/s1. The zero-order chi connectivity index (χ0) is 24.2. The Kier molecular flexibility index (Phi) is 5.15. The number of aliphatic hydroxyl groups excluding tert-OH is 1. The minimum atomic E-state index is -1.15. The molecule has 0 bridgehead atoms. The van der Waals surface area contributed by atoms with Crippen LogP contribution in [0.5, 0.6) is 0 Å². The van der Waals surface area contributed by atoms with Crippen molar-refractivity contribution in [2.24, 2.45) is 56.7 Å². The molecular weight excluding hydrogens is 408 g/mol. The van der Waals surface area contributed by atoms with E-state index in [2.05, 4.69) is 47.6 Å². The normalized spacial score (nSPS) is 55.8. The quantitative estimate of drug-likeness (QED) is 0.539. The van der Waals surface area contributed by atoms with Gasteiger partial charge in [-0.3, -0.25) is 0 Å². The molecule has 186 valence electrons. The molecule has 5 rings (SSSR count). The molecule has 0 unspecified atom stereocenters. The number of rotatable bonds is 2. The van der Waals surface area contributed by atoms with Gasteiger partial charge in [0.25, 0.3) is 0 Å². The topological polar surface area (TPSA) is 60.4 Å². The maximum atomic E-state index is 12.3. The molecule has 0 aromatic heterocycles. The maximum Gasteiger partial charge on any atom is 0.0649 e. The van der Waals surface area contributed by atoms with E-state index in [1.807, 2.05) is 0 Å². The molecule has 0 aliphatic heterocycles. The summed E-state index contributed by atoms with van der Waals surface area (Å²) >= 11 is 0. The molecule has 0 aromatic carbocycles. The first-order valence-electron chi connectivity index (χ1n) is 13.9. The van der Waals surface area contributed by atoms with Crippen molar-refractivity contribution in [3.05, 3.63) is 11.6 Å². The number of aliphatic hydroxyl groups is 1. The minimum Gasteiger partial charge on any atom is -0.549 e. The summed E-state index contributed by atoms with van der Waals surface area (Å²) in [5, 5.41) is 23.1. The molecule has 1 N–H and O–H groups in total. The third kappa shape index (κ3) is 2.70. The molecule has 4 fully saturated rings. The first kappa shape index (κ1) is 23.9. The van der Waals surface area contributed by atoms with Crippen molar-refractivity contribution < 1.29 is 15.0 Å². The molecule has 10 atom stereocenters. The van der Waals surface area contributed by atoms with Crippen LogP contribution in [0.4, 0.5) is 0 Å². The Labute approximate surface area is 201 Å². The van der Waals surface area contributed by atoms with Gasteiger partial charge >= 0.3 is 0 Å². The number of carbonyl (C=O) groups is 1. The van der Waals surface area contributed by atoms with E-state index in [-0.39, 0.29) is 16.7 Å². The average Bonchev–Trinajstić information content (AvgIpc) is 3.11. The Morgan fingerprint density at radius 3 is 2.27 bits per heavy atom. The van der Waals surface area contributed by atoms with Gasteiger partial charge in [0.05, 0.1) is 12.1 Å². The highest BCUT2D eigenvalue weighted by Gasteiger charge is 2.68. The number of allylic oxidation sites excluding steroid dienone is 2. The molecule has 4 saturated carbocycles. The molecule has 3 nitrogen and oxygen atoms in total. The lowest BCUT2D eigenvalue weighted by atomic mass is 9.35. The summed E-state index contributed by atoms with van der Waals surface area (Å²) in [5.41, 5.74) is 1.41. The molecular formula is C30H47O3-. The van der Waals surface area contributed by atoms with Gasteiger partial charge in [-0.15, -0.1) is 0 Å². The second-order valence-electron chi connectivity index (χ2n) is 14.4. The van der Waals surface area contributed by atoms with E-state index in [1.165, 1.54) is 38.5 Å². The highest BCUT2D eigenvalue weighted by atomic mass is 16.4. The Hall–Kier alpha value is -0.830. The molecule has 0 aromatic rings. The molecule has 5 aliphatic rings. The smallest absolute Gasteiger partial charge is 0.0649 e. The number of fused-ring (bicyclic) bond motifs is 7. The van der Waals surface area contributed by atoms with Gasteiger partial charge in [0.2, 0.25) is 0 Å². The lowest BCUT2D eigenvalue weighted by molar-refractivity contribution is -0.332. The van der Waals surface area contributed by atoms with Crippen LogP contribution in [0.3, 0.4) is 0 Å². The van der Waals surface area contributed by atoms with Gasteiger partial charge in [-0.2, -0.15) is 0 Å². The third-order valence-electron chi connectivity index (χ3n) is 13.4. The van der Waals surface area contributed by atoms with Gasteiger partial charge in [0, 0.05) is 5.41 Å². The van der Waals surface area contributed by atoms with Crippen molar-refractivity contribution in [3.8, 4) is 0 Å². The van der Waals surface area contributed by atoms with Crippen LogP contribution in [-0.2, 0) is 4.79 Å². The van der Waals surface area contributed by atoms with Gasteiger partial charge < -0.3 is 15.0 Å². The van der Waals surface area contributed by atoms with E-state index in [0.29, 0.717) is 23.2 Å². The van der Waals surface area contributed by atoms with Crippen molar-refractivity contribution in [3.63, 3.8) is 0 Å². The Morgan fingerprint density at radius 1 is 0.939 bits per heavy atom. The fraction of sp³-hybridized carbons (Fsp3) is 0.900. The highest BCUT2D eigenvalue weighted by molar-refractivity contribution is 5.74. The largest absolute Gasteiger partial charge is 0.549 e. The molecule has 0 saturated heterocycles. The summed E-state index contributed by atoms with van der Waals surface area (Å²) in [7, 11) is 0. The van der Waals surface area contributed by atoms with Gasteiger partial charge in [-0.05, 0) is 109 Å². The number of aliphatic carboxylic acids is 1. The van der Waals surface area contributed by atoms with Crippen molar-refractivity contribution >= 4 is 5.97 Å². The van der Waals surface area contributed by atoms with Crippen molar-refractivity contribution in [2.75, 3.05) is 0 Å². The zero-order valence-electron chi connectivity index (χ0n) is 22.2. The van der Waals surface area contributed by atoms with Crippen LogP contribution >= 0.6 is 0 Å². The summed E-state index contributed by atoms with van der Waals surface area (Å²) in [6, 6.07) is 0. The summed E-state index contributed by atoms with van der Waals surface area (Å²) < 4.78 is 0. The van der Waals surface area contributed by atoms with E-state index < -0.39 is 17.5 Å². The van der Waals surface area contributed by atoms with E-state index in [0.717, 1.165) is 30.6 Å². The van der Waals surface area contributed by atoms with Crippen LogP contribution in [-0.4, -0.2) is 17.2 Å². The van der Waals surface area contributed by atoms with Gasteiger partial charge in [0.1, 0.15) is 0 Å². The second kappa shape index (κ2) is 7.11. The first-order chi connectivity index (χ1) is 15.3. The van der Waals surface area contributed by atoms with E-state index in [4.69, 9.17) is 0 Å². The van der Waals surface area contributed by atoms with Gasteiger partial charge in [0.15, 0.2) is 0 Å². The Bertz CT molecular complexity index is 876. The summed E-state index contributed by atoms with van der Waals surface area (Å²) in [5.74, 6) is 1.71. The van der Waals surface area contributed by atoms with Crippen molar-refractivity contribution in [1.29, 1.82) is 0 Å². The zero-order valence-corrected chi connectivity index (χ0v) is 22.2. The highest BCUT2D eigenvalue weighted by Crippen LogP contribution is 2.76. The number of hydrogen-bond donors (Lipinski definition) is 1. The molecule has 5 aliphatic carbocycles. The van der Waals surface area contributed by atoms with E-state index in [9.17, 15) is 15.0 Å². The summed E-state index contributed by atoms with van der Waals surface area (Å²) in [6.07, 6.45) is 11.7. The molecule has 0 heterocycles. The number of hydrogen-bond acceptors (Lipinski definition) is 3. The average molecular weight is 456 g/mol. The predicted molar refractivity (Wildman–Crippen MR) is 130 cm³/mol. The summed E-state index contributed by atoms with van der Waals surface area (Å²) in [4.78, 5) is 12.3. The molecule has 0 radical (unpaired) electrons. The SMILES string of the molecule is CC(C)[C@H]1CC[C@@H]2[C@]1(C)CC[C@]1(C)C3=CC[C@@H]4[C@](C)(CC[C@H](O)[C@@]4(C)C(=O)[O-])[C@H]3CC[C@@]21C. The van der Waals surface area contributed by atoms with Crippen LogP contribution in [0.1, 0.15) is 106 Å². The third-order valence-corrected chi connectivity index (χ3v) is 13.4. The van der Waals surface area contributed by atoms with Gasteiger partial charge in [-0.25, -0.2) is 0 Å². The number of carboxylic acid groups (broad SMARTS) is 1. The van der Waals surface area contributed by atoms with Crippen LogP contribution in [0.25, 0.3) is 0 Å². The number of carboxylic acids is 1. The molecule has 33 heavy (non-hydrogen) atoms. The molecule has 3 heteroatoms. The van der Waals surface area contributed by atoms with Crippen LogP contribution in [0.15, 0.2) is 11.6 Å². The molecule has 0 amide bonds. The summed E-state index contributed by atoms with van der Waals surface area (Å²) in [6.45, 7) is 16.8. The minimum absolute atomic E-state index is 0.0499. The van der Waals surface area contributed by atoms with Crippen molar-refractivity contribution in [1.82, 2.24) is 0 Å². The monoisotopic (exact) mass is 455 g/mol. The van der Waals surface area contributed by atoms with E-state index >= 15 is 0 Å². The predicted octanol–water partition coefficient (Wildman–Crippen LogP) is 5.75. The lowest BCUT2D eigenvalue weighted by Gasteiger charge is -2.69. The van der Waals surface area contributed by atoms with Crippen LogP contribution in [0.2, 0.25) is 0 Å². The van der Waals surface area contributed by atoms with Crippen LogP contribution in [0, 0.1) is 56.7 Å². The molecule has 0 spiro atoms. The van der Waals surface area contributed by atoms with Crippen molar-refractivity contribution in [2.45, 2.75) is 112 Å². The Balaban J connectivity index is 1.56. The fourth-order valence-electron chi connectivity index (χ4n) is 11.2. The second-order valence-corrected chi connectivity index (χ2v) is 14.4.